The summed E-state index contributed by atoms with van der Waals surface area (Å²) < 4.78 is 10.4. The van der Waals surface area contributed by atoms with Crippen molar-refractivity contribution in [2.45, 2.75) is 18.2 Å². The lowest BCUT2D eigenvalue weighted by Gasteiger charge is -2.07. The molecule has 2 N–H and O–H groups in total. The van der Waals surface area contributed by atoms with Crippen LogP contribution in [-0.2, 0) is 4.74 Å². The first kappa shape index (κ1) is 13.2. The molecule has 0 atom stereocenters. The number of methoxy groups -OCH3 is 1. The van der Waals surface area contributed by atoms with Crippen LogP contribution in [-0.4, -0.2) is 26.1 Å². The van der Waals surface area contributed by atoms with Crippen molar-refractivity contribution in [1.82, 2.24) is 0 Å². The Labute approximate surface area is 101 Å². The van der Waals surface area contributed by atoms with E-state index in [4.69, 9.17) is 15.2 Å². The molecule has 1 aromatic rings. The van der Waals surface area contributed by atoms with Crippen molar-refractivity contribution in [3.63, 3.8) is 0 Å². The smallest absolute Gasteiger partial charge is 0.122 e. The molecule has 0 aliphatic carbocycles. The van der Waals surface area contributed by atoms with E-state index in [2.05, 4.69) is 0 Å². The fourth-order valence-electron chi connectivity index (χ4n) is 1.32. The van der Waals surface area contributed by atoms with Crippen molar-refractivity contribution >= 4 is 17.4 Å². The summed E-state index contributed by atoms with van der Waals surface area (Å²) in [4.78, 5) is 1.15. The molecule has 4 heteroatoms. The van der Waals surface area contributed by atoms with E-state index in [9.17, 15) is 0 Å². The van der Waals surface area contributed by atoms with E-state index in [1.165, 1.54) is 0 Å². The van der Waals surface area contributed by atoms with Gasteiger partial charge >= 0.3 is 0 Å². The minimum atomic E-state index is 0.664. The van der Waals surface area contributed by atoms with E-state index < -0.39 is 0 Å². The zero-order chi connectivity index (χ0) is 11.8. The molecule has 16 heavy (non-hydrogen) atoms. The van der Waals surface area contributed by atoms with Crippen LogP contribution >= 0.6 is 11.8 Å². The lowest BCUT2D eigenvalue weighted by molar-refractivity contribution is 0.200. The maximum Gasteiger partial charge on any atom is 0.122 e. The highest BCUT2D eigenvalue weighted by molar-refractivity contribution is 7.99. The van der Waals surface area contributed by atoms with Crippen LogP contribution in [0.1, 0.15) is 13.3 Å². The van der Waals surface area contributed by atoms with Crippen LogP contribution in [0.2, 0.25) is 0 Å². The Hall–Kier alpha value is -0.870. The summed E-state index contributed by atoms with van der Waals surface area (Å²) >= 11 is 1.77. The Morgan fingerprint density at radius 3 is 2.81 bits per heavy atom. The molecule has 0 saturated heterocycles. The van der Waals surface area contributed by atoms with E-state index in [-0.39, 0.29) is 0 Å². The molecular formula is C12H19NO2S. The van der Waals surface area contributed by atoms with Gasteiger partial charge in [0.1, 0.15) is 5.75 Å². The summed E-state index contributed by atoms with van der Waals surface area (Å²) in [6.07, 6.45) is 1.04. The number of anilines is 1. The number of thioether (sulfide) groups is 1. The highest BCUT2D eigenvalue weighted by atomic mass is 32.2. The molecule has 0 saturated carbocycles. The largest absolute Gasteiger partial charge is 0.494 e. The third-order valence-corrected chi connectivity index (χ3v) is 3.04. The van der Waals surface area contributed by atoms with Gasteiger partial charge in [-0.05, 0) is 25.5 Å². The highest BCUT2D eigenvalue weighted by Gasteiger charge is 2.00. The quantitative estimate of drug-likeness (QED) is 0.453. The van der Waals surface area contributed by atoms with Crippen LogP contribution in [0.4, 0.5) is 5.69 Å². The number of ether oxygens (including phenoxy) is 2. The van der Waals surface area contributed by atoms with Crippen molar-refractivity contribution in [1.29, 1.82) is 0 Å². The first-order chi connectivity index (χ1) is 7.76. The number of hydrogen-bond acceptors (Lipinski definition) is 4. The second-order valence-electron chi connectivity index (χ2n) is 3.37. The van der Waals surface area contributed by atoms with Gasteiger partial charge in [-0.1, -0.05) is 0 Å². The van der Waals surface area contributed by atoms with Crippen LogP contribution in [0.15, 0.2) is 23.1 Å². The van der Waals surface area contributed by atoms with E-state index in [0.717, 1.165) is 35.1 Å². The second-order valence-corrected chi connectivity index (χ2v) is 4.53. The van der Waals surface area contributed by atoms with Crippen molar-refractivity contribution < 1.29 is 9.47 Å². The maximum absolute atomic E-state index is 5.80. The Kier molecular flexibility index (Phi) is 6.11. The SMILES string of the molecule is CCOc1cc(N)cc(SCCCOC)c1. The minimum absolute atomic E-state index is 0.664. The van der Waals surface area contributed by atoms with Gasteiger partial charge in [0.2, 0.25) is 0 Å². The third-order valence-electron chi connectivity index (χ3n) is 1.97. The Balaban J connectivity index is 2.51. The number of benzene rings is 1. The van der Waals surface area contributed by atoms with Crippen molar-refractivity contribution in [2.24, 2.45) is 0 Å². The summed E-state index contributed by atoms with van der Waals surface area (Å²) in [5, 5.41) is 0. The third kappa shape index (κ3) is 4.77. The van der Waals surface area contributed by atoms with Gasteiger partial charge in [-0.2, -0.15) is 0 Å². The topological polar surface area (TPSA) is 44.5 Å². The monoisotopic (exact) mass is 241 g/mol. The average molecular weight is 241 g/mol. The summed E-state index contributed by atoms with van der Waals surface area (Å²) in [7, 11) is 1.72. The predicted molar refractivity (Wildman–Crippen MR) is 69.2 cm³/mol. The fourth-order valence-corrected chi connectivity index (χ4v) is 2.24. The normalized spacial score (nSPS) is 10.4. The summed E-state index contributed by atoms with van der Waals surface area (Å²) in [5.41, 5.74) is 6.55. The van der Waals surface area contributed by atoms with E-state index in [0.29, 0.717) is 6.61 Å². The fraction of sp³-hybridized carbons (Fsp3) is 0.500. The predicted octanol–water partition coefficient (Wildman–Crippen LogP) is 2.80. The van der Waals surface area contributed by atoms with Crippen LogP contribution in [0.3, 0.4) is 0 Å². The van der Waals surface area contributed by atoms with Gasteiger partial charge in [-0.15, -0.1) is 11.8 Å². The summed E-state index contributed by atoms with van der Waals surface area (Å²) in [5.74, 6) is 1.87. The lowest BCUT2D eigenvalue weighted by Crippen LogP contribution is -1.94. The van der Waals surface area contributed by atoms with Crippen molar-refractivity contribution in [3.8, 4) is 5.75 Å². The first-order valence-corrected chi connectivity index (χ1v) is 6.40. The number of nitrogen functional groups attached to an aromatic ring is 1. The van der Waals surface area contributed by atoms with Gasteiger partial charge in [-0.3, -0.25) is 0 Å². The molecule has 1 aromatic carbocycles. The molecule has 0 spiro atoms. The number of hydrogen-bond donors (Lipinski definition) is 1. The summed E-state index contributed by atoms with van der Waals surface area (Å²) in [6, 6.07) is 5.85. The van der Waals surface area contributed by atoms with Crippen LogP contribution in [0.5, 0.6) is 5.75 Å². The molecule has 1 rings (SSSR count). The second kappa shape index (κ2) is 7.41. The van der Waals surface area contributed by atoms with Gasteiger partial charge < -0.3 is 15.2 Å². The van der Waals surface area contributed by atoms with Crippen LogP contribution in [0.25, 0.3) is 0 Å². The lowest BCUT2D eigenvalue weighted by atomic mass is 10.3. The molecule has 0 bridgehead atoms. The van der Waals surface area contributed by atoms with E-state index in [1.54, 1.807) is 18.9 Å². The molecule has 3 nitrogen and oxygen atoms in total. The standard InChI is InChI=1S/C12H19NO2S/c1-3-15-11-7-10(13)8-12(9-11)16-6-4-5-14-2/h7-9H,3-6,13H2,1-2H3. The molecule has 0 heterocycles. The molecule has 0 radical (unpaired) electrons. The molecule has 0 fully saturated rings. The molecule has 0 aromatic heterocycles. The molecule has 90 valence electrons. The maximum atomic E-state index is 5.80. The Morgan fingerprint density at radius 1 is 1.31 bits per heavy atom. The highest BCUT2D eigenvalue weighted by Crippen LogP contribution is 2.27. The van der Waals surface area contributed by atoms with Gasteiger partial charge in [0.05, 0.1) is 6.61 Å². The van der Waals surface area contributed by atoms with E-state index in [1.807, 2.05) is 25.1 Å². The van der Waals surface area contributed by atoms with Crippen LogP contribution in [0, 0.1) is 0 Å². The van der Waals surface area contributed by atoms with Gasteiger partial charge in [0, 0.05) is 36.1 Å². The summed E-state index contributed by atoms with van der Waals surface area (Å²) in [6.45, 7) is 3.43. The van der Waals surface area contributed by atoms with Gasteiger partial charge in [0.15, 0.2) is 0 Å². The first-order valence-electron chi connectivity index (χ1n) is 5.41. The van der Waals surface area contributed by atoms with Crippen molar-refractivity contribution in [2.75, 3.05) is 31.8 Å². The zero-order valence-electron chi connectivity index (χ0n) is 9.86. The molecule has 0 unspecified atom stereocenters. The van der Waals surface area contributed by atoms with Gasteiger partial charge in [-0.25, -0.2) is 0 Å². The van der Waals surface area contributed by atoms with Crippen LogP contribution < -0.4 is 10.5 Å². The number of nitrogens with two attached hydrogens (primary N) is 1. The Morgan fingerprint density at radius 2 is 2.12 bits per heavy atom. The van der Waals surface area contributed by atoms with Crippen molar-refractivity contribution in [3.05, 3.63) is 18.2 Å². The Bertz CT molecular complexity index is 318. The van der Waals surface area contributed by atoms with E-state index >= 15 is 0 Å². The average Bonchev–Trinajstić information content (AvgIpc) is 2.24. The minimum Gasteiger partial charge on any atom is -0.494 e. The molecule has 0 aliphatic rings. The molecular weight excluding hydrogens is 222 g/mol. The van der Waals surface area contributed by atoms with Gasteiger partial charge in [0.25, 0.3) is 0 Å². The molecule has 0 aliphatic heterocycles. The number of rotatable bonds is 7. The molecule has 0 amide bonds. The zero-order valence-corrected chi connectivity index (χ0v) is 10.7.